The maximum atomic E-state index is 12.2. The molecule has 0 aliphatic rings. The average Bonchev–Trinajstić information content (AvgIpc) is 2.62. The number of hydrogen-bond donors (Lipinski definition) is 1. The normalized spacial score (nSPS) is 10.6. The molecule has 2 aromatic carbocycles. The van der Waals surface area contributed by atoms with E-state index >= 15 is 0 Å². The highest BCUT2D eigenvalue weighted by molar-refractivity contribution is 5.92. The number of carbonyl (C=O) groups excluding carboxylic acids is 1. The minimum absolute atomic E-state index is 0.000534. The minimum Gasteiger partial charge on any atom is -0.497 e. The number of anilines is 1. The van der Waals surface area contributed by atoms with Crippen molar-refractivity contribution in [1.29, 1.82) is 0 Å². The maximum Gasteiger partial charge on any atom is 0.274 e. The Balaban J connectivity index is 1.86. The van der Waals surface area contributed by atoms with E-state index in [-0.39, 0.29) is 11.6 Å². The molecule has 0 aromatic heterocycles. The van der Waals surface area contributed by atoms with E-state index in [9.17, 15) is 14.9 Å². The van der Waals surface area contributed by atoms with Crippen LogP contribution in [0.2, 0.25) is 0 Å². The fourth-order valence-electron chi connectivity index (χ4n) is 2.58. The van der Waals surface area contributed by atoms with Gasteiger partial charge >= 0.3 is 0 Å². The van der Waals surface area contributed by atoms with Crippen molar-refractivity contribution in [3.05, 3.63) is 63.7 Å². The average molecular weight is 357 g/mol. The van der Waals surface area contributed by atoms with Crippen molar-refractivity contribution < 1.29 is 14.5 Å². The second-order valence-electron chi connectivity index (χ2n) is 6.09. The van der Waals surface area contributed by atoms with E-state index in [1.807, 2.05) is 36.2 Å². The summed E-state index contributed by atoms with van der Waals surface area (Å²) in [4.78, 5) is 24.7. The standard InChI is InChI=1S/C19H23N3O4/c1-14-17(5-4-6-18(14)22(24)25)20-19(23)11-12-21(2)13-15-7-9-16(26-3)10-8-15/h4-10H,11-13H2,1-3H3,(H,20,23). The van der Waals surface area contributed by atoms with Crippen LogP contribution in [-0.2, 0) is 11.3 Å². The highest BCUT2D eigenvalue weighted by Gasteiger charge is 2.15. The lowest BCUT2D eigenvalue weighted by atomic mass is 10.1. The summed E-state index contributed by atoms with van der Waals surface area (Å²) in [5, 5.41) is 13.7. The van der Waals surface area contributed by atoms with E-state index in [1.54, 1.807) is 26.2 Å². The van der Waals surface area contributed by atoms with Gasteiger partial charge in [0, 0.05) is 25.6 Å². The highest BCUT2D eigenvalue weighted by Crippen LogP contribution is 2.25. The predicted molar refractivity (Wildman–Crippen MR) is 100 cm³/mol. The third kappa shape index (κ3) is 5.29. The molecule has 0 aliphatic heterocycles. The van der Waals surface area contributed by atoms with Gasteiger partial charge in [0.1, 0.15) is 5.75 Å². The molecule has 138 valence electrons. The molecule has 7 nitrogen and oxygen atoms in total. The molecule has 1 amide bonds. The molecule has 0 atom stereocenters. The van der Waals surface area contributed by atoms with Crippen LogP contribution in [0.15, 0.2) is 42.5 Å². The van der Waals surface area contributed by atoms with Crippen LogP contribution in [0.4, 0.5) is 11.4 Å². The molecule has 0 radical (unpaired) electrons. The number of amides is 1. The Morgan fingerprint density at radius 2 is 1.92 bits per heavy atom. The lowest BCUT2D eigenvalue weighted by Gasteiger charge is -2.17. The number of nitrogens with zero attached hydrogens (tertiary/aromatic N) is 2. The van der Waals surface area contributed by atoms with Crippen molar-refractivity contribution >= 4 is 17.3 Å². The molecule has 2 rings (SSSR count). The fraction of sp³-hybridized carbons (Fsp3) is 0.316. The summed E-state index contributed by atoms with van der Waals surface area (Å²) >= 11 is 0. The summed E-state index contributed by atoms with van der Waals surface area (Å²) in [7, 11) is 3.57. The number of benzene rings is 2. The minimum atomic E-state index is -0.451. The van der Waals surface area contributed by atoms with Crippen molar-refractivity contribution in [3.8, 4) is 5.75 Å². The molecule has 0 saturated heterocycles. The van der Waals surface area contributed by atoms with Crippen LogP contribution >= 0.6 is 0 Å². The zero-order chi connectivity index (χ0) is 19.1. The van der Waals surface area contributed by atoms with Gasteiger partial charge < -0.3 is 15.0 Å². The number of nitrogens with one attached hydrogen (secondary N) is 1. The van der Waals surface area contributed by atoms with Crippen LogP contribution < -0.4 is 10.1 Å². The molecule has 2 aromatic rings. The van der Waals surface area contributed by atoms with Gasteiger partial charge in [0.05, 0.1) is 23.3 Å². The monoisotopic (exact) mass is 357 g/mol. The summed E-state index contributed by atoms with van der Waals surface area (Å²) in [6, 6.07) is 12.4. The summed E-state index contributed by atoms with van der Waals surface area (Å²) in [6.45, 7) is 2.92. The van der Waals surface area contributed by atoms with E-state index in [0.29, 0.717) is 30.8 Å². The smallest absolute Gasteiger partial charge is 0.274 e. The summed E-state index contributed by atoms with van der Waals surface area (Å²) < 4.78 is 5.13. The zero-order valence-electron chi connectivity index (χ0n) is 15.2. The van der Waals surface area contributed by atoms with Crippen molar-refractivity contribution in [2.45, 2.75) is 19.9 Å². The number of carbonyl (C=O) groups is 1. The van der Waals surface area contributed by atoms with Crippen molar-refractivity contribution in [1.82, 2.24) is 4.90 Å². The first kappa shape index (κ1) is 19.4. The van der Waals surface area contributed by atoms with Crippen LogP contribution in [0, 0.1) is 17.0 Å². The Morgan fingerprint density at radius 3 is 2.54 bits per heavy atom. The van der Waals surface area contributed by atoms with Crippen LogP contribution in [0.3, 0.4) is 0 Å². The molecule has 0 aliphatic carbocycles. The summed E-state index contributed by atoms with van der Waals surface area (Å²) in [5.41, 5.74) is 2.06. The van der Waals surface area contributed by atoms with E-state index < -0.39 is 4.92 Å². The van der Waals surface area contributed by atoms with E-state index in [4.69, 9.17) is 4.74 Å². The van der Waals surface area contributed by atoms with Gasteiger partial charge in [-0.05, 0) is 37.7 Å². The van der Waals surface area contributed by atoms with Crippen LogP contribution in [0.25, 0.3) is 0 Å². The number of rotatable bonds is 8. The third-order valence-electron chi connectivity index (χ3n) is 4.11. The fourth-order valence-corrected chi connectivity index (χ4v) is 2.58. The van der Waals surface area contributed by atoms with Gasteiger partial charge in [-0.15, -0.1) is 0 Å². The van der Waals surface area contributed by atoms with E-state index in [2.05, 4.69) is 5.32 Å². The lowest BCUT2D eigenvalue weighted by Crippen LogP contribution is -2.24. The Labute approximate surface area is 152 Å². The maximum absolute atomic E-state index is 12.2. The van der Waals surface area contributed by atoms with Gasteiger partial charge in [0.25, 0.3) is 5.69 Å². The first-order chi connectivity index (χ1) is 12.4. The van der Waals surface area contributed by atoms with Crippen LogP contribution in [0.5, 0.6) is 5.75 Å². The van der Waals surface area contributed by atoms with Gasteiger partial charge in [0.2, 0.25) is 5.91 Å². The molecule has 0 spiro atoms. The number of methoxy groups -OCH3 is 1. The molecule has 1 N–H and O–H groups in total. The number of nitro groups is 1. The highest BCUT2D eigenvalue weighted by atomic mass is 16.6. The van der Waals surface area contributed by atoms with Crippen molar-refractivity contribution in [3.63, 3.8) is 0 Å². The summed E-state index contributed by atoms with van der Waals surface area (Å²) in [6.07, 6.45) is 0.300. The Bertz CT molecular complexity index is 775. The number of ether oxygens (including phenoxy) is 1. The Kier molecular flexibility index (Phi) is 6.68. The second-order valence-corrected chi connectivity index (χ2v) is 6.09. The molecule has 0 unspecified atom stereocenters. The van der Waals surface area contributed by atoms with Crippen molar-refractivity contribution in [2.24, 2.45) is 0 Å². The number of nitro benzene ring substituents is 1. The van der Waals surface area contributed by atoms with Gasteiger partial charge in [-0.3, -0.25) is 14.9 Å². The Hall–Kier alpha value is -2.93. The van der Waals surface area contributed by atoms with Crippen LogP contribution in [0.1, 0.15) is 17.5 Å². The first-order valence-corrected chi connectivity index (χ1v) is 8.26. The molecule has 26 heavy (non-hydrogen) atoms. The number of hydrogen-bond acceptors (Lipinski definition) is 5. The molecule has 0 fully saturated rings. The molecular weight excluding hydrogens is 334 g/mol. The van der Waals surface area contributed by atoms with E-state index in [0.717, 1.165) is 11.3 Å². The third-order valence-corrected chi connectivity index (χ3v) is 4.11. The molecule has 0 heterocycles. The molecular formula is C19H23N3O4. The molecule has 7 heteroatoms. The SMILES string of the molecule is COc1ccc(CN(C)CCC(=O)Nc2cccc([N+](=O)[O-])c2C)cc1. The van der Waals surface area contributed by atoms with Gasteiger partial charge in [-0.25, -0.2) is 0 Å². The van der Waals surface area contributed by atoms with Crippen LogP contribution in [-0.4, -0.2) is 36.4 Å². The van der Waals surface area contributed by atoms with Gasteiger partial charge in [0.15, 0.2) is 0 Å². The summed E-state index contributed by atoms with van der Waals surface area (Å²) in [5.74, 6) is 0.637. The zero-order valence-corrected chi connectivity index (χ0v) is 15.2. The molecule has 0 saturated carbocycles. The quantitative estimate of drug-likeness (QED) is 0.578. The van der Waals surface area contributed by atoms with Crippen molar-refractivity contribution in [2.75, 3.05) is 26.0 Å². The van der Waals surface area contributed by atoms with Gasteiger partial charge in [-0.1, -0.05) is 18.2 Å². The molecule has 0 bridgehead atoms. The topological polar surface area (TPSA) is 84.7 Å². The van der Waals surface area contributed by atoms with E-state index in [1.165, 1.54) is 6.07 Å². The first-order valence-electron chi connectivity index (χ1n) is 8.26. The lowest BCUT2D eigenvalue weighted by molar-refractivity contribution is -0.385. The largest absolute Gasteiger partial charge is 0.497 e. The predicted octanol–water partition coefficient (Wildman–Crippen LogP) is 3.37. The Morgan fingerprint density at radius 1 is 1.23 bits per heavy atom. The van der Waals surface area contributed by atoms with Gasteiger partial charge in [-0.2, -0.15) is 0 Å². The second kappa shape index (κ2) is 8.96.